The number of carbonyl (C=O) groups excluding carboxylic acids is 3. The molecule has 0 aliphatic carbocycles. The lowest BCUT2D eigenvalue weighted by molar-refractivity contribution is -0.118. The highest BCUT2D eigenvalue weighted by Gasteiger charge is 2.25. The quantitative estimate of drug-likeness (QED) is 0.659. The summed E-state index contributed by atoms with van der Waals surface area (Å²) in [5.74, 6) is -0.839. The molecule has 0 unspecified atom stereocenters. The molecule has 2 aromatic rings. The minimum absolute atomic E-state index is 0.0480. The van der Waals surface area contributed by atoms with Crippen molar-refractivity contribution in [1.29, 1.82) is 0 Å². The van der Waals surface area contributed by atoms with Gasteiger partial charge in [-0.2, -0.15) is 0 Å². The second-order valence-corrected chi connectivity index (χ2v) is 7.68. The van der Waals surface area contributed by atoms with Gasteiger partial charge in [0.15, 0.2) is 0 Å². The molecule has 0 bridgehead atoms. The summed E-state index contributed by atoms with van der Waals surface area (Å²) in [6.07, 6.45) is 0. The van der Waals surface area contributed by atoms with Gasteiger partial charge < -0.3 is 15.5 Å². The van der Waals surface area contributed by atoms with E-state index in [9.17, 15) is 14.4 Å². The van der Waals surface area contributed by atoms with Crippen LogP contribution in [-0.4, -0.2) is 41.8 Å². The van der Waals surface area contributed by atoms with Crippen molar-refractivity contribution in [3.8, 4) is 0 Å². The van der Waals surface area contributed by atoms with E-state index in [0.717, 1.165) is 0 Å². The first-order chi connectivity index (χ1) is 14.3. The number of amides is 3. The van der Waals surface area contributed by atoms with Crippen molar-refractivity contribution >= 4 is 35.0 Å². The van der Waals surface area contributed by atoms with E-state index in [4.69, 9.17) is 11.6 Å². The Balaban J connectivity index is 2.06. The summed E-state index contributed by atoms with van der Waals surface area (Å²) in [7, 11) is 0. The fraction of sp³-hybridized carbons (Fsp3) is 0.348. The van der Waals surface area contributed by atoms with Crippen LogP contribution < -0.4 is 10.6 Å². The Labute approximate surface area is 182 Å². The molecule has 160 valence electrons. The monoisotopic (exact) mass is 429 g/mol. The van der Waals surface area contributed by atoms with Crippen LogP contribution in [0.1, 0.15) is 48.4 Å². The minimum Gasteiger partial charge on any atom is -0.340 e. The highest BCUT2D eigenvalue weighted by atomic mass is 35.5. The van der Waals surface area contributed by atoms with Gasteiger partial charge in [-0.1, -0.05) is 25.4 Å². The first-order valence-corrected chi connectivity index (χ1v) is 10.4. The van der Waals surface area contributed by atoms with Crippen molar-refractivity contribution < 1.29 is 14.4 Å². The molecule has 2 aromatic carbocycles. The topological polar surface area (TPSA) is 78.5 Å². The molecule has 1 atom stereocenters. The first kappa shape index (κ1) is 23.4. The lowest BCUT2D eigenvalue weighted by Gasteiger charge is -2.22. The minimum atomic E-state index is -0.717. The lowest BCUT2D eigenvalue weighted by Crippen LogP contribution is -2.47. The maximum absolute atomic E-state index is 12.8. The fourth-order valence-corrected chi connectivity index (χ4v) is 3.10. The van der Waals surface area contributed by atoms with E-state index in [-0.39, 0.29) is 23.6 Å². The van der Waals surface area contributed by atoms with E-state index in [0.29, 0.717) is 34.9 Å². The molecule has 0 fully saturated rings. The summed E-state index contributed by atoms with van der Waals surface area (Å²) >= 11 is 5.86. The molecule has 0 saturated carbocycles. The molecule has 3 amide bonds. The maximum Gasteiger partial charge on any atom is 0.253 e. The van der Waals surface area contributed by atoms with E-state index in [1.54, 1.807) is 53.4 Å². The van der Waals surface area contributed by atoms with Crippen molar-refractivity contribution in [2.24, 2.45) is 5.92 Å². The van der Waals surface area contributed by atoms with Crippen LogP contribution in [0.4, 0.5) is 5.69 Å². The van der Waals surface area contributed by atoms with Crippen molar-refractivity contribution in [2.75, 3.05) is 18.4 Å². The molecule has 0 aliphatic heterocycles. The summed E-state index contributed by atoms with van der Waals surface area (Å²) < 4.78 is 0. The van der Waals surface area contributed by atoms with Gasteiger partial charge in [0, 0.05) is 34.9 Å². The summed E-state index contributed by atoms with van der Waals surface area (Å²) in [6, 6.07) is 12.5. The molecule has 0 heterocycles. The standard InChI is InChI=1S/C23H28ClN3O3/c1-5-27(6-2)23(30)17-9-13-19(14-10-17)25-22(29)20(15(3)4)26-21(28)16-7-11-18(24)12-8-16/h7-15,20H,5-6H2,1-4H3,(H,25,29)(H,26,28)/t20-/m0/s1. The van der Waals surface area contributed by atoms with Crippen LogP contribution >= 0.6 is 11.6 Å². The van der Waals surface area contributed by atoms with Gasteiger partial charge >= 0.3 is 0 Å². The zero-order chi connectivity index (χ0) is 22.3. The number of anilines is 1. The van der Waals surface area contributed by atoms with E-state index < -0.39 is 6.04 Å². The summed E-state index contributed by atoms with van der Waals surface area (Å²) in [5, 5.41) is 6.12. The van der Waals surface area contributed by atoms with Gasteiger partial charge in [-0.15, -0.1) is 0 Å². The fourth-order valence-electron chi connectivity index (χ4n) is 2.97. The zero-order valence-electron chi connectivity index (χ0n) is 17.7. The third kappa shape index (κ3) is 6.07. The van der Waals surface area contributed by atoms with Crippen molar-refractivity contribution in [1.82, 2.24) is 10.2 Å². The van der Waals surface area contributed by atoms with E-state index in [1.165, 1.54) is 0 Å². The Morgan fingerprint density at radius 3 is 1.93 bits per heavy atom. The van der Waals surface area contributed by atoms with Gasteiger partial charge in [0.25, 0.3) is 11.8 Å². The first-order valence-electron chi connectivity index (χ1n) is 10.0. The molecule has 0 saturated heterocycles. The second kappa shape index (κ2) is 10.8. The van der Waals surface area contributed by atoms with Gasteiger partial charge in [-0.25, -0.2) is 0 Å². The predicted octanol–water partition coefficient (Wildman–Crippen LogP) is 4.22. The summed E-state index contributed by atoms with van der Waals surface area (Å²) in [5.41, 5.74) is 1.55. The number of hydrogen-bond acceptors (Lipinski definition) is 3. The smallest absolute Gasteiger partial charge is 0.253 e. The number of benzene rings is 2. The van der Waals surface area contributed by atoms with Crippen LogP contribution in [0, 0.1) is 5.92 Å². The Morgan fingerprint density at radius 2 is 1.43 bits per heavy atom. The van der Waals surface area contributed by atoms with E-state index in [2.05, 4.69) is 10.6 Å². The largest absolute Gasteiger partial charge is 0.340 e. The molecule has 7 heteroatoms. The van der Waals surface area contributed by atoms with Crippen LogP contribution in [-0.2, 0) is 4.79 Å². The summed E-state index contributed by atoms with van der Waals surface area (Å²) in [4.78, 5) is 39.4. The van der Waals surface area contributed by atoms with Crippen LogP contribution in [0.3, 0.4) is 0 Å². The Kier molecular flexibility index (Phi) is 8.42. The maximum atomic E-state index is 12.8. The van der Waals surface area contributed by atoms with Crippen molar-refractivity contribution in [3.63, 3.8) is 0 Å². The molecule has 6 nitrogen and oxygen atoms in total. The highest BCUT2D eigenvalue weighted by Crippen LogP contribution is 2.15. The SMILES string of the molecule is CCN(CC)C(=O)c1ccc(NC(=O)[C@@H](NC(=O)c2ccc(Cl)cc2)C(C)C)cc1. The zero-order valence-corrected chi connectivity index (χ0v) is 18.5. The predicted molar refractivity (Wildman–Crippen MR) is 120 cm³/mol. The van der Waals surface area contributed by atoms with Gasteiger partial charge in [-0.05, 0) is 68.3 Å². The number of hydrogen-bond donors (Lipinski definition) is 2. The normalized spacial score (nSPS) is 11.7. The van der Waals surface area contributed by atoms with E-state index >= 15 is 0 Å². The molecule has 2 rings (SSSR count). The Hall–Kier alpha value is -2.86. The number of carbonyl (C=O) groups is 3. The van der Waals surface area contributed by atoms with Crippen molar-refractivity contribution in [2.45, 2.75) is 33.7 Å². The van der Waals surface area contributed by atoms with Gasteiger partial charge in [0.05, 0.1) is 0 Å². The molecule has 2 N–H and O–H groups in total. The molecular formula is C23H28ClN3O3. The van der Waals surface area contributed by atoms with Gasteiger partial charge in [0.1, 0.15) is 6.04 Å². The average Bonchev–Trinajstić information content (AvgIpc) is 2.73. The lowest BCUT2D eigenvalue weighted by atomic mass is 10.0. The molecular weight excluding hydrogens is 402 g/mol. The van der Waals surface area contributed by atoms with Crippen LogP contribution in [0.25, 0.3) is 0 Å². The molecule has 0 spiro atoms. The van der Waals surface area contributed by atoms with Gasteiger partial charge in [-0.3, -0.25) is 14.4 Å². The van der Waals surface area contributed by atoms with E-state index in [1.807, 2.05) is 27.7 Å². The summed E-state index contributed by atoms with van der Waals surface area (Å²) in [6.45, 7) is 8.85. The average molecular weight is 430 g/mol. The highest BCUT2D eigenvalue weighted by molar-refractivity contribution is 6.30. The Bertz CT molecular complexity index is 876. The van der Waals surface area contributed by atoms with Crippen molar-refractivity contribution in [3.05, 3.63) is 64.7 Å². The Morgan fingerprint density at radius 1 is 0.900 bits per heavy atom. The molecule has 0 aromatic heterocycles. The molecule has 30 heavy (non-hydrogen) atoms. The third-order valence-electron chi connectivity index (χ3n) is 4.79. The number of nitrogens with zero attached hydrogens (tertiary/aromatic N) is 1. The number of nitrogens with one attached hydrogen (secondary N) is 2. The number of rotatable bonds is 8. The van der Waals surface area contributed by atoms with Crippen LogP contribution in [0.5, 0.6) is 0 Å². The van der Waals surface area contributed by atoms with Crippen LogP contribution in [0.15, 0.2) is 48.5 Å². The second-order valence-electron chi connectivity index (χ2n) is 7.25. The van der Waals surface area contributed by atoms with Gasteiger partial charge in [0.2, 0.25) is 5.91 Å². The number of halogens is 1. The third-order valence-corrected chi connectivity index (χ3v) is 5.04. The molecule has 0 radical (unpaired) electrons. The van der Waals surface area contributed by atoms with Crippen LogP contribution in [0.2, 0.25) is 5.02 Å². The molecule has 0 aliphatic rings.